The van der Waals surface area contributed by atoms with E-state index < -0.39 is 0 Å². The predicted octanol–water partition coefficient (Wildman–Crippen LogP) is 4.66. The van der Waals surface area contributed by atoms with Crippen molar-refractivity contribution in [1.82, 2.24) is 0 Å². The summed E-state index contributed by atoms with van der Waals surface area (Å²) in [4.78, 5) is 10.8. The number of benzene rings is 2. The van der Waals surface area contributed by atoms with Crippen LogP contribution in [0.4, 0.5) is 0 Å². The van der Waals surface area contributed by atoms with E-state index in [1.165, 1.54) is 0 Å². The van der Waals surface area contributed by atoms with Crippen LogP contribution in [-0.2, 0) is 0 Å². The fourth-order valence-electron chi connectivity index (χ4n) is 1.88. The largest absolute Gasteiger partial charge is 0.490 e. The molecule has 0 saturated heterocycles. The lowest BCUT2D eigenvalue weighted by Gasteiger charge is -2.13. The second-order valence-electron chi connectivity index (χ2n) is 4.53. The van der Waals surface area contributed by atoms with Gasteiger partial charge in [-0.3, -0.25) is 4.79 Å². The number of aldehydes is 1. The van der Waals surface area contributed by atoms with Gasteiger partial charge in [0.1, 0.15) is 25.2 Å². The van der Waals surface area contributed by atoms with Crippen molar-refractivity contribution in [2.45, 2.75) is 6.92 Å². The van der Waals surface area contributed by atoms with Crippen LogP contribution in [0.1, 0.15) is 17.3 Å². The number of carbonyl (C=O) groups is 1. The SMILES string of the molecule is CCOc1cc(C=O)ccc1OCCOc1ccc(Cl)cc1Cl. The standard InChI is InChI=1S/C17H16Cl2O4/c1-2-21-17-9-12(11-20)3-5-16(17)23-8-7-22-15-6-4-13(18)10-14(15)19/h3-6,9-11H,2,7-8H2,1H3. The summed E-state index contributed by atoms with van der Waals surface area (Å²) in [5.74, 6) is 1.63. The Morgan fingerprint density at radius 2 is 1.61 bits per heavy atom. The Kier molecular flexibility index (Phi) is 6.56. The van der Waals surface area contributed by atoms with Gasteiger partial charge in [0, 0.05) is 10.6 Å². The van der Waals surface area contributed by atoms with Crippen molar-refractivity contribution in [2.75, 3.05) is 19.8 Å². The molecule has 122 valence electrons. The van der Waals surface area contributed by atoms with Crippen LogP contribution in [-0.4, -0.2) is 26.1 Å². The van der Waals surface area contributed by atoms with Gasteiger partial charge < -0.3 is 14.2 Å². The first-order valence-electron chi connectivity index (χ1n) is 7.06. The molecule has 2 aromatic rings. The zero-order chi connectivity index (χ0) is 16.7. The van der Waals surface area contributed by atoms with E-state index in [1.807, 2.05) is 6.92 Å². The Bertz CT molecular complexity index is 674. The highest BCUT2D eigenvalue weighted by atomic mass is 35.5. The Morgan fingerprint density at radius 3 is 2.26 bits per heavy atom. The average molecular weight is 355 g/mol. The van der Waals surface area contributed by atoms with Crippen LogP contribution in [0.5, 0.6) is 17.2 Å². The lowest BCUT2D eigenvalue weighted by Crippen LogP contribution is -2.10. The van der Waals surface area contributed by atoms with E-state index in [1.54, 1.807) is 36.4 Å². The maximum Gasteiger partial charge on any atom is 0.161 e. The van der Waals surface area contributed by atoms with Crippen molar-refractivity contribution in [3.8, 4) is 17.2 Å². The summed E-state index contributed by atoms with van der Waals surface area (Å²) >= 11 is 11.8. The van der Waals surface area contributed by atoms with Crippen molar-refractivity contribution in [2.24, 2.45) is 0 Å². The summed E-state index contributed by atoms with van der Waals surface area (Å²) in [5, 5.41) is 0.998. The second-order valence-corrected chi connectivity index (χ2v) is 5.37. The lowest BCUT2D eigenvalue weighted by molar-refractivity contribution is 0.112. The lowest BCUT2D eigenvalue weighted by atomic mass is 10.2. The van der Waals surface area contributed by atoms with E-state index in [9.17, 15) is 4.79 Å². The number of rotatable bonds is 8. The van der Waals surface area contributed by atoms with Gasteiger partial charge in [-0.2, -0.15) is 0 Å². The van der Waals surface area contributed by atoms with Crippen LogP contribution >= 0.6 is 23.2 Å². The van der Waals surface area contributed by atoms with Crippen molar-refractivity contribution in [3.05, 3.63) is 52.0 Å². The minimum atomic E-state index is 0.305. The van der Waals surface area contributed by atoms with Crippen LogP contribution in [0, 0.1) is 0 Å². The van der Waals surface area contributed by atoms with Crippen LogP contribution in [0.25, 0.3) is 0 Å². The molecule has 0 N–H and O–H groups in total. The third-order valence-corrected chi connectivity index (χ3v) is 3.43. The molecular weight excluding hydrogens is 339 g/mol. The normalized spacial score (nSPS) is 10.2. The fourth-order valence-corrected chi connectivity index (χ4v) is 2.34. The van der Waals surface area contributed by atoms with Crippen molar-refractivity contribution < 1.29 is 19.0 Å². The van der Waals surface area contributed by atoms with Gasteiger partial charge in [0.25, 0.3) is 0 Å². The van der Waals surface area contributed by atoms with Crippen molar-refractivity contribution >= 4 is 29.5 Å². The van der Waals surface area contributed by atoms with Crippen LogP contribution in [0.15, 0.2) is 36.4 Å². The highest BCUT2D eigenvalue weighted by molar-refractivity contribution is 6.35. The van der Waals surface area contributed by atoms with Crippen LogP contribution in [0.3, 0.4) is 0 Å². The van der Waals surface area contributed by atoms with E-state index in [0.29, 0.717) is 52.7 Å². The molecule has 0 aliphatic carbocycles. The molecular formula is C17H16Cl2O4. The second kappa shape index (κ2) is 8.65. The molecule has 0 unspecified atom stereocenters. The maximum atomic E-state index is 10.8. The molecule has 0 bridgehead atoms. The summed E-state index contributed by atoms with van der Waals surface area (Å²) in [7, 11) is 0. The van der Waals surface area contributed by atoms with E-state index in [4.69, 9.17) is 37.4 Å². The summed E-state index contributed by atoms with van der Waals surface area (Å²) in [6.07, 6.45) is 0.762. The first kappa shape index (κ1) is 17.4. The number of hydrogen-bond donors (Lipinski definition) is 0. The number of carbonyl (C=O) groups excluding carboxylic acids is 1. The van der Waals surface area contributed by atoms with E-state index >= 15 is 0 Å². The van der Waals surface area contributed by atoms with E-state index in [2.05, 4.69) is 0 Å². The van der Waals surface area contributed by atoms with Gasteiger partial charge in [0.2, 0.25) is 0 Å². The van der Waals surface area contributed by atoms with Gasteiger partial charge in [-0.15, -0.1) is 0 Å². The minimum absolute atomic E-state index is 0.305. The topological polar surface area (TPSA) is 44.8 Å². The fraction of sp³-hybridized carbons (Fsp3) is 0.235. The Labute approximate surface area is 144 Å². The molecule has 4 nitrogen and oxygen atoms in total. The third kappa shape index (κ3) is 5.05. The molecule has 23 heavy (non-hydrogen) atoms. The van der Waals surface area contributed by atoms with Gasteiger partial charge in [-0.25, -0.2) is 0 Å². The zero-order valence-corrected chi connectivity index (χ0v) is 14.1. The van der Waals surface area contributed by atoms with Crippen molar-refractivity contribution in [1.29, 1.82) is 0 Å². The Hall–Kier alpha value is -1.91. The molecule has 0 amide bonds. The molecule has 2 aromatic carbocycles. The van der Waals surface area contributed by atoms with Gasteiger partial charge >= 0.3 is 0 Å². The monoisotopic (exact) mass is 354 g/mol. The molecule has 0 aliphatic heterocycles. The number of hydrogen-bond acceptors (Lipinski definition) is 4. The Balaban J connectivity index is 1.92. The third-order valence-electron chi connectivity index (χ3n) is 2.90. The van der Waals surface area contributed by atoms with E-state index in [-0.39, 0.29) is 0 Å². The molecule has 0 spiro atoms. The highest BCUT2D eigenvalue weighted by Gasteiger charge is 2.07. The van der Waals surface area contributed by atoms with Crippen LogP contribution < -0.4 is 14.2 Å². The zero-order valence-electron chi connectivity index (χ0n) is 12.6. The highest BCUT2D eigenvalue weighted by Crippen LogP contribution is 2.29. The molecule has 6 heteroatoms. The molecule has 0 radical (unpaired) electrons. The summed E-state index contributed by atoms with van der Waals surface area (Å²) in [6, 6.07) is 10.0. The molecule has 2 rings (SSSR count). The van der Waals surface area contributed by atoms with Gasteiger partial charge in [-0.05, 0) is 43.3 Å². The summed E-state index contributed by atoms with van der Waals surface area (Å²) in [5.41, 5.74) is 0.532. The Morgan fingerprint density at radius 1 is 0.913 bits per heavy atom. The quantitative estimate of drug-likeness (QED) is 0.510. The average Bonchev–Trinajstić information content (AvgIpc) is 2.54. The smallest absolute Gasteiger partial charge is 0.161 e. The molecule has 0 saturated carbocycles. The van der Waals surface area contributed by atoms with Crippen LogP contribution in [0.2, 0.25) is 10.0 Å². The number of halogens is 2. The van der Waals surface area contributed by atoms with Crippen molar-refractivity contribution in [3.63, 3.8) is 0 Å². The van der Waals surface area contributed by atoms with Gasteiger partial charge in [-0.1, -0.05) is 23.2 Å². The molecule has 0 heterocycles. The van der Waals surface area contributed by atoms with Gasteiger partial charge in [0.05, 0.1) is 11.6 Å². The molecule has 0 aliphatic rings. The molecule has 0 fully saturated rings. The first-order chi connectivity index (χ1) is 11.1. The first-order valence-corrected chi connectivity index (χ1v) is 7.82. The molecule has 0 atom stereocenters. The number of ether oxygens (including phenoxy) is 3. The summed E-state index contributed by atoms with van der Waals surface area (Å²) < 4.78 is 16.7. The molecule has 0 aromatic heterocycles. The minimum Gasteiger partial charge on any atom is -0.490 e. The maximum absolute atomic E-state index is 10.8. The summed E-state index contributed by atoms with van der Waals surface area (Å²) in [6.45, 7) is 2.96. The predicted molar refractivity (Wildman–Crippen MR) is 90.5 cm³/mol. The van der Waals surface area contributed by atoms with E-state index in [0.717, 1.165) is 6.29 Å². The van der Waals surface area contributed by atoms with Gasteiger partial charge in [0.15, 0.2) is 11.5 Å².